The van der Waals surface area contributed by atoms with Gasteiger partial charge in [-0.3, -0.25) is 9.59 Å². The van der Waals surface area contributed by atoms with Crippen LogP contribution in [0.4, 0.5) is 13.2 Å². The van der Waals surface area contributed by atoms with Crippen LogP contribution in [0.3, 0.4) is 0 Å². The predicted octanol–water partition coefficient (Wildman–Crippen LogP) is 6.91. The second-order valence-electron chi connectivity index (χ2n) is 14.9. The van der Waals surface area contributed by atoms with E-state index < -0.39 is 39.3 Å². The van der Waals surface area contributed by atoms with Gasteiger partial charge in [0.25, 0.3) is 0 Å². The van der Waals surface area contributed by atoms with Gasteiger partial charge in [0.05, 0.1) is 12.5 Å². The van der Waals surface area contributed by atoms with E-state index in [1.165, 1.54) is 0 Å². The molecule has 8 heteroatoms. The fourth-order valence-electron chi connectivity index (χ4n) is 9.38. The molecule has 0 aromatic carbocycles. The van der Waals surface area contributed by atoms with Crippen molar-refractivity contribution in [2.24, 2.45) is 33.0 Å². The number of allylic oxidation sites excluding steroid dienone is 4. The number of nitrogens with zero attached hydrogens (tertiary/aromatic N) is 1. The van der Waals surface area contributed by atoms with Crippen molar-refractivity contribution >= 4 is 17.5 Å². The highest BCUT2D eigenvalue weighted by molar-refractivity contribution is 6.08. The van der Waals surface area contributed by atoms with Crippen molar-refractivity contribution < 1.29 is 27.6 Å². The van der Waals surface area contributed by atoms with Crippen LogP contribution < -0.4 is 5.32 Å². The number of carbonyl (C=O) groups is 3. The Hall–Kier alpha value is -2.43. The van der Waals surface area contributed by atoms with E-state index in [4.69, 9.17) is 6.57 Å². The molecule has 2 radical (unpaired) electrons. The van der Waals surface area contributed by atoms with E-state index >= 15 is 0 Å². The van der Waals surface area contributed by atoms with Gasteiger partial charge in [-0.15, -0.1) is 0 Å². The third kappa shape index (κ3) is 3.67. The van der Waals surface area contributed by atoms with E-state index in [-0.39, 0.29) is 28.6 Å². The molecule has 0 aromatic heterocycles. The first-order valence-electron chi connectivity index (χ1n) is 14.2. The molecule has 5 aliphatic rings. The first-order chi connectivity index (χ1) is 18.2. The lowest BCUT2D eigenvalue weighted by molar-refractivity contribution is -0.176. The summed E-state index contributed by atoms with van der Waals surface area (Å²) < 4.78 is 40.4. The molecule has 0 unspecified atom stereocenters. The van der Waals surface area contributed by atoms with Gasteiger partial charge >= 0.3 is 12.1 Å². The SMILES string of the molecule is [C-]#[N+]C1=C[C@]2(C)C3=CC(=O)[C]4[C]5CC(C)(C)CC[C@]5(NC(=O)C(F)(F)F)CC[C@@]4(C)[C@]3(C)CC[C@H]2C(C)(C)C1=O. The summed E-state index contributed by atoms with van der Waals surface area (Å²) in [5, 5.41) is 2.37. The van der Waals surface area contributed by atoms with Crippen LogP contribution in [0.15, 0.2) is 23.4 Å². The zero-order valence-electron chi connectivity index (χ0n) is 24.5. The number of fused-ring (bicyclic) bond motifs is 7. The molecular weight excluding hydrogens is 517 g/mol. The molecule has 40 heavy (non-hydrogen) atoms. The molecule has 5 atom stereocenters. The van der Waals surface area contributed by atoms with Gasteiger partial charge < -0.3 is 10.1 Å². The Morgan fingerprint density at radius 3 is 2.20 bits per heavy atom. The van der Waals surface area contributed by atoms with Gasteiger partial charge in [-0.1, -0.05) is 60.1 Å². The summed E-state index contributed by atoms with van der Waals surface area (Å²) in [5.74, 6) is -1.23. The van der Waals surface area contributed by atoms with E-state index in [0.717, 1.165) is 12.0 Å². The standard InChI is InChI=1S/C32H39F3N2O3/c1-26(2)11-13-31(37-25(40)32(33,34)35)14-12-30(7)23(18(31)16-26)20(38)15-22-28(5)17-19(36-8)24(39)27(3,4)21(28)9-10-29(22,30)6/h15,17,21H,9-14,16H2,1-7H3,(H,37,40)/t21-,28-,29+,30+,31-/m0/s1. The Morgan fingerprint density at radius 1 is 0.975 bits per heavy atom. The lowest BCUT2D eigenvalue weighted by Gasteiger charge is -2.68. The zero-order valence-corrected chi connectivity index (χ0v) is 24.5. The summed E-state index contributed by atoms with van der Waals surface area (Å²) in [7, 11) is 0. The molecule has 0 heterocycles. The van der Waals surface area contributed by atoms with E-state index in [0.29, 0.717) is 50.4 Å². The van der Waals surface area contributed by atoms with E-state index in [2.05, 4.69) is 37.9 Å². The Bertz CT molecular complexity index is 1300. The Kier molecular flexibility index (Phi) is 6.05. The number of halogens is 3. The van der Waals surface area contributed by atoms with Crippen LogP contribution in [0.25, 0.3) is 4.85 Å². The van der Waals surface area contributed by atoms with Gasteiger partial charge in [-0.05, 0) is 73.2 Å². The van der Waals surface area contributed by atoms with Crippen molar-refractivity contribution in [1.29, 1.82) is 0 Å². The van der Waals surface area contributed by atoms with Crippen molar-refractivity contribution in [2.45, 2.75) is 105 Å². The maximum absolute atomic E-state index is 14.3. The minimum Gasteiger partial charge on any atom is -0.342 e. The zero-order chi connectivity index (χ0) is 29.9. The molecule has 1 amide bonds. The van der Waals surface area contributed by atoms with Crippen molar-refractivity contribution in [3.05, 3.63) is 46.7 Å². The molecule has 0 bridgehead atoms. The highest BCUT2D eigenvalue weighted by Crippen LogP contribution is 2.74. The highest BCUT2D eigenvalue weighted by Gasteiger charge is 2.70. The number of alkyl halides is 3. The smallest absolute Gasteiger partial charge is 0.342 e. The van der Waals surface area contributed by atoms with Gasteiger partial charge in [-0.25, -0.2) is 4.85 Å². The summed E-state index contributed by atoms with van der Waals surface area (Å²) in [6.07, 6.45) is 2.06. The number of nitrogens with one attached hydrogen (secondary N) is 1. The molecule has 0 saturated heterocycles. The first-order valence-corrected chi connectivity index (χ1v) is 14.2. The van der Waals surface area contributed by atoms with Crippen molar-refractivity contribution in [3.8, 4) is 0 Å². The molecule has 1 N–H and O–H groups in total. The van der Waals surface area contributed by atoms with Crippen molar-refractivity contribution in [2.75, 3.05) is 0 Å². The van der Waals surface area contributed by atoms with E-state index in [1.807, 2.05) is 20.8 Å². The third-order valence-electron chi connectivity index (χ3n) is 11.8. The van der Waals surface area contributed by atoms with Crippen LogP contribution in [-0.2, 0) is 14.4 Å². The minimum atomic E-state index is -5.01. The summed E-state index contributed by atoms with van der Waals surface area (Å²) in [4.78, 5) is 43.4. The predicted molar refractivity (Wildman–Crippen MR) is 144 cm³/mol. The van der Waals surface area contributed by atoms with Crippen molar-refractivity contribution in [3.63, 3.8) is 0 Å². The highest BCUT2D eigenvalue weighted by atomic mass is 19.4. The van der Waals surface area contributed by atoms with E-state index in [1.54, 1.807) is 12.2 Å². The lowest BCUT2D eigenvalue weighted by Crippen LogP contribution is -2.69. The molecule has 5 aliphatic carbocycles. The molecule has 3 saturated carbocycles. The largest absolute Gasteiger partial charge is 0.471 e. The molecule has 0 aliphatic heterocycles. The summed E-state index contributed by atoms with van der Waals surface area (Å²) in [6.45, 7) is 21.8. The van der Waals surface area contributed by atoms with Gasteiger partial charge in [-0.2, -0.15) is 13.2 Å². The second-order valence-corrected chi connectivity index (χ2v) is 14.9. The van der Waals surface area contributed by atoms with Crippen LogP contribution in [-0.4, -0.2) is 29.2 Å². The topological polar surface area (TPSA) is 67.6 Å². The normalized spacial score (nSPS) is 40.9. The van der Waals surface area contributed by atoms with Crippen LogP contribution >= 0.6 is 0 Å². The summed E-state index contributed by atoms with van der Waals surface area (Å²) in [6, 6.07) is 0. The average Bonchev–Trinajstić information content (AvgIpc) is 2.83. The van der Waals surface area contributed by atoms with Gasteiger partial charge in [0, 0.05) is 22.3 Å². The fourth-order valence-corrected chi connectivity index (χ4v) is 9.38. The van der Waals surface area contributed by atoms with Gasteiger partial charge in [0.1, 0.15) is 0 Å². The first kappa shape index (κ1) is 29.1. The molecule has 5 rings (SSSR count). The maximum Gasteiger partial charge on any atom is 0.471 e. The third-order valence-corrected chi connectivity index (χ3v) is 11.8. The summed E-state index contributed by atoms with van der Waals surface area (Å²) in [5.41, 5.74) is -3.07. The van der Waals surface area contributed by atoms with E-state index in [9.17, 15) is 27.6 Å². The lowest BCUT2D eigenvalue weighted by atomic mass is 9.35. The minimum absolute atomic E-state index is 0.0923. The van der Waals surface area contributed by atoms with Crippen molar-refractivity contribution in [1.82, 2.24) is 5.32 Å². The van der Waals surface area contributed by atoms with Crippen LogP contribution in [0.5, 0.6) is 0 Å². The fraction of sp³-hybridized carbons (Fsp3) is 0.688. The van der Waals surface area contributed by atoms with Gasteiger partial charge in [0.15, 0.2) is 11.6 Å². The number of hydrogen-bond acceptors (Lipinski definition) is 3. The molecule has 3 fully saturated rings. The summed E-state index contributed by atoms with van der Waals surface area (Å²) >= 11 is 0. The van der Waals surface area contributed by atoms with Gasteiger partial charge in [0.2, 0.25) is 5.70 Å². The van der Waals surface area contributed by atoms with Crippen LogP contribution in [0.1, 0.15) is 93.4 Å². The van der Waals surface area contributed by atoms with Crippen LogP contribution in [0, 0.1) is 51.4 Å². The quantitative estimate of drug-likeness (QED) is 0.357. The Labute approximate surface area is 235 Å². The van der Waals surface area contributed by atoms with Crippen LogP contribution in [0.2, 0.25) is 0 Å². The Balaban J connectivity index is 1.67. The number of amides is 1. The maximum atomic E-state index is 14.3. The number of ketones is 2. The second kappa shape index (κ2) is 8.32. The monoisotopic (exact) mass is 556 g/mol. The Morgan fingerprint density at radius 2 is 1.60 bits per heavy atom. The molecule has 0 spiro atoms. The average molecular weight is 557 g/mol. The molecule has 5 nitrogen and oxygen atoms in total. The molecule has 216 valence electrons. The number of Topliss-reactive ketones (excluding diaryl/α,β-unsaturated/α-hetero) is 1. The number of hydrogen-bond donors (Lipinski definition) is 1. The molecular formula is C32H39F3N2O3. The molecule has 0 aromatic rings. The number of carbonyl (C=O) groups excluding carboxylic acids is 3. The number of rotatable bonds is 1.